The molecule has 1 saturated heterocycles. The first-order valence-corrected chi connectivity index (χ1v) is 11.1. The Morgan fingerprint density at radius 3 is 2.23 bits per heavy atom. The van der Waals surface area contributed by atoms with Crippen LogP contribution in [0.3, 0.4) is 0 Å². The summed E-state index contributed by atoms with van der Waals surface area (Å²) in [6.45, 7) is -0.549. The van der Waals surface area contributed by atoms with Crippen molar-refractivity contribution >= 4 is 6.08 Å². The maximum atomic E-state index is 15.4. The lowest BCUT2D eigenvalue weighted by molar-refractivity contribution is -0.288. The number of methoxy groups -OCH3 is 1. The molecular weight excluding hydrogens is 489 g/mol. The van der Waals surface area contributed by atoms with Crippen LogP contribution >= 0.6 is 0 Å². The molecule has 2 fully saturated rings. The maximum Gasteiger partial charge on any atom is 0.400 e. The Labute approximate surface area is 194 Å². The number of ether oxygens (including phenoxy) is 1. The number of aromatic nitrogens is 2. The second-order valence-corrected chi connectivity index (χ2v) is 9.37. The molecule has 0 aromatic carbocycles. The number of aromatic amines is 1. The van der Waals surface area contributed by atoms with Gasteiger partial charge in [0.2, 0.25) is 0 Å². The van der Waals surface area contributed by atoms with Gasteiger partial charge in [-0.3, -0.25) is 19.2 Å². The third kappa shape index (κ3) is 4.79. The van der Waals surface area contributed by atoms with E-state index in [0.29, 0.717) is 12.8 Å². The number of halogens is 7. The number of likely N-dealkylation sites (tertiary alicyclic amines) is 1. The van der Waals surface area contributed by atoms with Crippen molar-refractivity contribution in [1.82, 2.24) is 14.5 Å². The van der Waals surface area contributed by atoms with E-state index in [0.717, 1.165) is 6.08 Å². The fourth-order valence-corrected chi connectivity index (χ4v) is 5.32. The van der Waals surface area contributed by atoms with Gasteiger partial charge in [0.15, 0.2) is 5.92 Å². The largest absolute Gasteiger partial charge is 0.400 e. The molecule has 2 heterocycles. The molecule has 196 valence electrons. The Kier molecular flexibility index (Phi) is 6.68. The fraction of sp³-hybridized carbons (Fsp3) is 0.714. The van der Waals surface area contributed by atoms with Crippen molar-refractivity contribution in [3.8, 4) is 0 Å². The molecule has 2 aliphatic carbocycles. The summed E-state index contributed by atoms with van der Waals surface area (Å²) < 4.78 is 101. The van der Waals surface area contributed by atoms with Crippen LogP contribution in [0.5, 0.6) is 0 Å². The molecule has 4 atom stereocenters. The first-order valence-electron chi connectivity index (χ1n) is 11.1. The Morgan fingerprint density at radius 2 is 1.71 bits per heavy atom. The van der Waals surface area contributed by atoms with Crippen molar-refractivity contribution in [3.63, 3.8) is 0 Å². The molecule has 0 bridgehead atoms. The van der Waals surface area contributed by atoms with Crippen LogP contribution in [0.2, 0.25) is 0 Å². The lowest BCUT2D eigenvalue weighted by Gasteiger charge is -2.37. The van der Waals surface area contributed by atoms with E-state index in [-0.39, 0.29) is 36.9 Å². The van der Waals surface area contributed by atoms with Crippen molar-refractivity contribution < 1.29 is 35.5 Å². The predicted molar refractivity (Wildman–Crippen MR) is 110 cm³/mol. The van der Waals surface area contributed by atoms with E-state index in [1.807, 2.05) is 0 Å². The Morgan fingerprint density at radius 1 is 1.11 bits per heavy atom. The highest BCUT2D eigenvalue weighted by atomic mass is 19.4. The van der Waals surface area contributed by atoms with Gasteiger partial charge in [0.05, 0.1) is 17.3 Å². The number of H-pyrrole nitrogens is 1. The van der Waals surface area contributed by atoms with E-state index in [4.69, 9.17) is 10.5 Å². The number of rotatable bonds is 6. The SMILES string of the molecule is COC1c2c(c(=O)[nH]c(=O)n2C2CC2)C=C(F)C1N1CC(CN)C(CC(C(F)(F)F)C(F)(F)F)C1. The van der Waals surface area contributed by atoms with E-state index in [1.54, 1.807) is 0 Å². The number of nitrogens with one attached hydrogen (secondary N) is 1. The minimum Gasteiger partial charge on any atom is -0.373 e. The number of fused-ring (bicyclic) bond motifs is 1. The molecule has 35 heavy (non-hydrogen) atoms. The molecule has 1 aromatic rings. The van der Waals surface area contributed by atoms with Gasteiger partial charge in [-0.05, 0) is 43.7 Å². The van der Waals surface area contributed by atoms with Crippen LogP contribution in [0, 0.1) is 17.8 Å². The summed E-state index contributed by atoms with van der Waals surface area (Å²) >= 11 is 0. The van der Waals surface area contributed by atoms with Gasteiger partial charge in [0, 0.05) is 26.2 Å². The zero-order valence-corrected chi connectivity index (χ0v) is 18.6. The first-order chi connectivity index (χ1) is 16.3. The Bertz CT molecular complexity index is 1090. The minimum atomic E-state index is -5.49. The highest BCUT2D eigenvalue weighted by Gasteiger charge is 2.58. The molecule has 3 N–H and O–H groups in total. The normalized spacial score (nSPS) is 27.9. The average molecular weight is 514 g/mol. The fourth-order valence-electron chi connectivity index (χ4n) is 5.32. The average Bonchev–Trinajstić information content (AvgIpc) is 3.49. The monoisotopic (exact) mass is 514 g/mol. The number of nitrogens with two attached hydrogens (primary N) is 1. The molecule has 1 saturated carbocycles. The van der Waals surface area contributed by atoms with Gasteiger partial charge in [-0.2, -0.15) is 26.3 Å². The summed E-state index contributed by atoms with van der Waals surface area (Å²) in [4.78, 5) is 28.5. The van der Waals surface area contributed by atoms with E-state index >= 15 is 4.39 Å². The quantitative estimate of drug-likeness (QED) is 0.570. The number of hydrogen-bond acceptors (Lipinski definition) is 5. The van der Waals surface area contributed by atoms with Crippen LogP contribution in [-0.2, 0) is 4.74 Å². The van der Waals surface area contributed by atoms with E-state index in [2.05, 4.69) is 4.98 Å². The highest BCUT2D eigenvalue weighted by Crippen LogP contribution is 2.47. The zero-order chi connectivity index (χ0) is 25.9. The van der Waals surface area contributed by atoms with Gasteiger partial charge in [-0.1, -0.05) is 0 Å². The third-order valence-corrected chi connectivity index (χ3v) is 7.14. The van der Waals surface area contributed by atoms with Crippen LogP contribution in [-0.4, -0.2) is 59.6 Å². The topological polar surface area (TPSA) is 93.3 Å². The van der Waals surface area contributed by atoms with Gasteiger partial charge >= 0.3 is 18.0 Å². The van der Waals surface area contributed by atoms with Crippen molar-refractivity contribution in [3.05, 3.63) is 37.9 Å². The smallest absolute Gasteiger partial charge is 0.373 e. The van der Waals surface area contributed by atoms with Crippen LogP contribution in [0.15, 0.2) is 15.4 Å². The molecule has 4 rings (SSSR count). The van der Waals surface area contributed by atoms with E-state index < -0.39 is 65.7 Å². The number of hydrogen-bond donors (Lipinski definition) is 2. The van der Waals surface area contributed by atoms with Crippen LogP contribution in [0.1, 0.15) is 42.7 Å². The Hall–Kier alpha value is -2.19. The van der Waals surface area contributed by atoms with Crippen molar-refractivity contribution in [1.29, 1.82) is 0 Å². The second-order valence-electron chi connectivity index (χ2n) is 9.37. The molecule has 4 unspecified atom stereocenters. The lowest BCUT2D eigenvalue weighted by Crippen LogP contribution is -2.46. The van der Waals surface area contributed by atoms with E-state index in [9.17, 15) is 35.9 Å². The molecule has 14 heteroatoms. The summed E-state index contributed by atoms with van der Waals surface area (Å²) in [5.74, 6) is -6.22. The molecule has 0 spiro atoms. The molecule has 1 aliphatic heterocycles. The van der Waals surface area contributed by atoms with Crippen LogP contribution in [0.4, 0.5) is 30.7 Å². The van der Waals surface area contributed by atoms with Gasteiger partial charge < -0.3 is 10.5 Å². The number of alkyl halides is 6. The molecule has 1 aromatic heterocycles. The summed E-state index contributed by atoms with van der Waals surface area (Å²) in [7, 11) is 1.24. The lowest BCUT2D eigenvalue weighted by atomic mass is 9.86. The molecule has 0 amide bonds. The van der Waals surface area contributed by atoms with Gasteiger partial charge in [-0.15, -0.1) is 0 Å². The van der Waals surface area contributed by atoms with Gasteiger partial charge in [0.1, 0.15) is 11.9 Å². The van der Waals surface area contributed by atoms with Crippen LogP contribution < -0.4 is 17.0 Å². The Balaban J connectivity index is 1.69. The molecule has 3 aliphatic rings. The van der Waals surface area contributed by atoms with Gasteiger partial charge in [0.25, 0.3) is 5.56 Å². The highest BCUT2D eigenvalue weighted by molar-refractivity contribution is 5.58. The first kappa shape index (κ1) is 25.9. The van der Waals surface area contributed by atoms with Crippen molar-refractivity contribution in [2.45, 2.75) is 49.8 Å². The molecule has 7 nitrogen and oxygen atoms in total. The standard InChI is InChI=1S/C21H25F7N4O3/c1-35-17-15-12(18(33)30-19(34)32(15)11-2-3-11)5-13(22)16(17)31-7-9(10(6-29)8-31)4-14(20(23,24)25)21(26,27)28/h5,9-11,14,16-17H,2-4,6-8,29H2,1H3,(H,30,33,34). The van der Waals surface area contributed by atoms with Crippen LogP contribution in [0.25, 0.3) is 6.08 Å². The van der Waals surface area contributed by atoms with Gasteiger partial charge in [-0.25, -0.2) is 9.18 Å². The van der Waals surface area contributed by atoms with E-state index in [1.165, 1.54) is 16.6 Å². The minimum absolute atomic E-state index is 0.0679. The summed E-state index contributed by atoms with van der Waals surface area (Å²) in [6.07, 6.45) is -11.1. The third-order valence-electron chi connectivity index (χ3n) is 7.14. The summed E-state index contributed by atoms with van der Waals surface area (Å²) in [5.41, 5.74) is 4.23. The molecular formula is C21H25F7N4O3. The predicted octanol–water partition coefficient (Wildman–Crippen LogP) is 2.89. The summed E-state index contributed by atoms with van der Waals surface area (Å²) in [6, 6.07) is -1.46. The van der Waals surface area contributed by atoms with Crippen molar-refractivity contribution in [2.75, 3.05) is 26.7 Å². The van der Waals surface area contributed by atoms with Crippen molar-refractivity contribution in [2.24, 2.45) is 23.5 Å². The number of nitrogens with zero attached hydrogens (tertiary/aromatic N) is 2. The molecule has 0 radical (unpaired) electrons. The maximum absolute atomic E-state index is 15.4. The zero-order valence-electron chi connectivity index (χ0n) is 18.6. The second kappa shape index (κ2) is 9.04. The summed E-state index contributed by atoms with van der Waals surface area (Å²) in [5, 5.41) is 0.